The van der Waals surface area contributed by atoms with E-state index >= 15 is 0 Å². The average Bonchev–Trinajstić information content (AvgIpc) is 3.90. The summed E-state index contributed by atoms with van der Waals surface area (Å²) in [7, 11) is 0. The molecule has 5 aromatic rings. The number of benzene rings is 4. The highest BCUT2D eigenvalue weighted by atomic mass is 16.2. The van der Waals surface area contributed by atoms with Crippen molar-refractivity contribution in [2.45, 2.75) is 64.5 Å². The van der Waals surface area contributed by atoms with Gasteiger partial charge in [0, 0.05) is 101 Å². The van der Waals surface area contributed by atoms with Crippen LogP contribution >= 0.6 is 0 Å². The summed E-state index contributed by atoms with van der Waals surface area (Å²) in [5.74, 6) is 0.499. The highest BCUT2D eigenvalue weighted by molar-refractivity contribution is 5.80. The van der Waals surface area contributed by atoms with Gasteiger partial charge in [-0.3, -0.25) is 19.4 Å². The Balaban J connectivity index is 0.000000175. The maximum atomic E-state index is 12.8. The number of rotatable bonds is 14. The van der Waals surface area contributed by atoms with Crippen LogP contribution in [0.3, 0.4) is 0 Å². The Morgan fingerprint density at radius 1 is 0.656 bits per heavy atom. The van der Waals surface area contributed by atoms with Crippen molar-refractivity contribution in [3.05, 3.63) is 138 Å². The third-order valence-corrected chi connectivity index (χ3v) is 13.5. The van der Waals surface area contributed by atoms with Crippen LogP contribution in [0.25, 0.3) is 17.0 Å². The number of piperidine rings is 2. The van der Waals surface area contributed by atoms with Crippen molar-refractivity contribution in [1.82, 2.24) is 35.8 Å². The van der Waals surface area contributed by atoms with Crippen LogP contribution in [0, 0.1) is 11.8 Å². The number of fused-ring (bicyclic) bond motifs is 2. The van der Waals surface area contributed by atoms with Gasteiger partial charge in [-0.1, -0.05) is 79.4 Å². The van der Waals surface area contributed by atoms with E-state index in [2.05, 4.69) is 137 Å². The summed E-state index contributed by atoms with van der Waals surface area (Å²) in [6.45, 7) is 15.1. The van der Waals surface area contributed by atoms with Gasteiger partial charge in [0.25, 0.3) is 0 Å². The number of hydrogen-bond acceptors (Lipinski definition) is 9. The molecule has 9 rings (SSSR count). The Morgan fingerprint density at radius 2 is 1.14 bits per heavy atom. The first kappa shape index (κ1) is 44.6. The van der Waals surface area contributed by atoms with Crippen LogP contribution in [0.15, 0.2) is 110 Å². The number of carbonyl (C=O) groups is 2. The quantitative estimate of drug-likeness (QED) is 0.0905. The summed E-state index contributed by atoms with van der Waals surface area (Å²) in [5, 5.41) is 17.0. The molecule has 2 amide bonds. The van der Waals surface area contributed by atoms with E-state index in [-0.39, 0.29) is 23.7 Å². The van der Waals surface area contributed by atoms with Crippen molar-refractivity contribution in [3.8, 4) is 11.3 Å². The number of nitrogens with zero attached hydrogens (tertiary/aromatic N) is 6. The average molecular weight is 863 g/mol. The van der Waals surface area contributed by atoms with Gasteiger partial charge in [-0.25, -0.2) is 0 Å². The molecule has 0 radical (unpaired) electrons. The first-order chi connectivity index (χ1) is 31.4. The van der Waals surface area contributed by atoms with E-state index in [1.54, 1.807) is 6.20 Å². The molecule has 4 aliphatic heterocycles. The van der Waals surface area contributed by atoms with Gasteiger partial charge in [-0.15, -0.1) is 0 Å². The second-order valence-electron chi connectivity index (χ2n) is 17.9. The molecule has 336 valence electrons. The molecule has 4 aliphatic rings. The Bertz CT molecular complexity index is 2280. The number of nitrogens with two attached hydrogens (primary N) is 1. The van der Waals surface area contributed by atoms with Crippen molar-refractivity contribution in [2.24, 2.45) is 17.6 Å². The molecule has 2 saturated heterocycles. The zero-order valence-corrected chi connectivity index (χ0v) is 37.4. The normalized spacial score (nSPS) is 18.8. The van der Waals surface area contributed by atoms with Gasteiger partial charge in [0.05, 0.1) is 18.0 Å². The minimum absolute atomic E-state index is 0.0517. The number of hydrogen-bond donors (Lipinski definition) is 4. The maximum absolute atomic E-state index is 12.8. The Hall–Kier alpha value is -5.98. The molecule has 5 N–H and O–H groups in total. The van der Waals surface area contributed by atoms with E-state index in [0.717, 1.165) is 158 Å². The molecule has 2 fully saturated rings. The molecule has 64 heavy (non-hydrogen) atoms. The third kappa shape index (κ3) is 12.0. The Kier molecular flexibility index (Phi) is 15.4. The van der Waals surface area contributed by atoms with Gasteiger partial charge in [0.15, 0.2) is 0 Å². The Morgan fingerprint density at radius 3 is 1.61 bits per heavy atom. The lowest BCUT2D eigenvalue weighted by molar-refractivity contribution is -0.126. The number of carbonyl (C=O) groups excluding carboxylic acids is 2. The van der Waals surface area contributed by atoms with Crippen molar-refractivity contribution in [3.63, 3.8) is 0 Å². The van der Waals surface area contributed by atoms with Crippen LogP contribution in [0.4, 0.5) is 11.4 Å². The molecule has 0 bridgehead atoms. The second kappa shape index (κ2) is 22.1. The molecule has 0 saturated carbocycles. The van der Waals surface area contributed by atoms with Crippen LogP contribution in [0.2, 0.25) is 0 Å². The summed E-state index contributed by atoms with van der Waals surface area (Å²) in [6.07, 6.45) is 9.96. The van der Waals surface area contributed by atoms with Crippen molar-refractivity contribution < 1.29 is 9.59 Å². The highest BCUT2D eigenvalue weighted by Gasteiger charge is 2.27. The third-order valence-electron chi connectivity index (χ3n) is 13.5. The zero-order chi connectivity index (χ0) is 44.1. The number of anilines is 2. The fourth-order valence-electron chi connectivity index (χ4n) is 9.73. The minimum atomic E-state index is 0.0517. The van der Waals surface area contributed by atoms with Crippen LogP contribution in [0.5, 0.6) is 0 Å². The maximum Gasteiger partial charge on any atom is 0.224 e. The van der Waals surface area contributed by atoms with E-state index in [1.165, 1.54) is 22.3 Å². The fraction of sp³-hybridized carbons (Fsp3) is 0.423. The molecular formula is C52H66N10O2. The summed E-state index contributed by atoms with van der Waals surface area (Å²) in [6, 6.07) is 34.0. The minimum Gasteiger partial charge on any atom is -0.399 e. The molecule has 5 heterocycles. The van der Waals surface area contributed by atoms with Crippen LogP contribution in [-0.4, -0.2) is 102 Å². The van der Waals surface area contributed by atoms with Gasteiger partial charge in [-0.2, -0.15) is 15.4 Å². The van der Waals surface area contributed by atoms with Crippen molar-refractivity contribution in [1.29, 1.82) is 0 Å². The largest absolute Gasteiger partial charge is 0.399 e. The molecule has 1 aromatic heterocycles. The molecule has 2 unspecified atom stereocenters. The fourth-order valence-corrected chi connectivity index (χ4v) is 9.73. The monoisotopic (exact) mass is 863 g/mol. The van der Waals surface area contributed by atoms with Crippen LogP contribution in [-0.2, 0) is 35.5 Å². The summed E-state index contributed by atoms with van der Waals surface area (Å²) < 4.78 is 0. The standard InChI is InChI=1S/C26H32N6O.C26H34N4O/c33-26(27-13-4-14-31-16-12-20-5-1-2-6-22(20)18-31)23-7-3-15-32(19-23)24-10-8-21(9-11-24)25-17-28-30-29-25;1-20(27)21-9-11-25(12-10-21)30-16-4-8-24(19-30)26(31)28-14-5-15-29-17-13-22-6-2-3-7-23(22)18-29/h1-2,5-6,8-11,17,23H,3-4,7,12-16,18-19H2,(H,27,33)(H,28,29,30);2-3,6-7,9-12,24H,1,4-5,8,13-19,27H2,(H,28,31). The number of aromatic amines is 1. The van der Waals surface area contributed by atoms with Crippen molar-refractivity contribution >= 4 is 28.9 Å². The molecular weight excluding hydrogens is 797 g/mol. The van der Waals surface area contributed by atoms with Gasteiger partial charge >= 0.3 is 0 Å². The van der Waals surface area contributed by atoms with E-state index < -0.39 is 0 Å². The number of H-pyrrole nitrogens is 1. The smallest absolute Gasteiger partial charge is 0.224 e. The van der Waals surface area contributed by atoms with E-state index in [9.17, 15) is 9.59 Å². The zero-order valence-electron chi connectivity index (χ0n) is 37.4. The highest BCUT2D eigenvalue weighted by Crippen LogP contribution is 2.27. The summed E-state index contributed by atoms with van der Waals surface area (Å²) in [5.41, 5.74) is 17.3. The number of aromatic nitrogens is 3. The summed E-state index contributed by atoms with van der Waals surface area (Å²) >= 11 is 0. The molecule has 0 aliphatic carbocycles. The Labute approximate surface area is 379 Å². The van der Waals surface area contributed by atoms with Crippen molar-refractivity contribution in [2.75, 3.05) is 75.2 Å². The van der Waals surface area contributed by atoms with Gasteiger partial charge in [0.1, 0.15) is 5.69 Å². The summed E-state index contributed by atoms with van der Waals surface area (Å²) in [4.78, 5) is 35.2. The SMILES string of the molecule is C=C(N)c1ccc(N2CCCC(C(=O)NCCCN3CCc4ccccc4C3)C2)cc1.O=C(NCCCN1CCc2ccccc2C1)C1CCCN(c2ccc(-c3cn[nH]n3)cc2)C1. The van der Waals surface area contributed by atoms with Crippen LogP contribution in [0.1, 0.15) is 66.3 Å². The topological polar surface area (TPSA) is 139 Å². The van der Waals surface area contributed by atoms with E-state index in [0.29, 0.717) is 5.70 Å². The lowest BCUT2D eigenvalue weighted by Gasteiger charge is -2.34. The molecule has 12 heteroatoms. The molecule has 4 aromatic carbocycles. The molecule has 2 atom stereocenters. The van der Waals surface area contributed by atoms with E-state index in [1.807, 2.05) is 12.1 Å². The van der Waals surface area contributed by atoms with E-state index in [4.69, 9.17) is 5.73 Å². The lowest BCUT2D eigenvalue weighted by Crippen LogP contribution is -2.43. The van der Waals surface area contributed by atoms with Gasteiger partial charge in [-0.05, 0) is 103 Å². The lowest BCUT2D eigenvalue weighted by atomic mass is 9.96. The first-order valence-electron chi connectivity index (χ1n) is 23.5. The van der Waals surface area contributed by atoms with Gasteiger partial charge in [0.2, 0.25) is 11.8 Å². The van der Waals surface area contributed by atoms with Gasteiger partial charge < -0.3 is 26.2 Å². The van der Waals surface area contributed by atoms with Crippen LogP contribution < -0.4 is 26.2 Å². The number of amides is 2. The number of nitrogens with one attached hydrogen (secondary N) is 3. The molecule has 0 spiro atoms. The molecule has 12 nitrogen and oxygen atoms in total. The second-order valence-corrected chi connectivity index (χ2v) is 17.9. The predicted molar refractivity (Wildman–Crippen MR) is 257 cm³/mol. The predicted octanol–water partition coefficient (Wildman–Crippen LogP) is 6.65. The first-order valence-corrected chi connectivity index (χ1v) is 23.5.